The Bertz CT molecular complexity index is 333. The Hall–Kier alpha value is -0.860. The topological polar surface area (TPSA) is 15.3 Å². The third-order valence-corrected chi connectivity index (χ3v) is 2.98. The van der Waals surface area contributed by atoms with Gasteiger partial charge in [-0.3, -0.25) is 0 Å². The predicted molar refractivity (Wildman–Crippen MR) is 71.0 cm³/mol. The predicted octanol–water partition coefficient (Wildman–Crippen LogP) is 2.43. The van der Waals surface area contributed by atoms with Crippen molar-refractivity contribution in [1.29, 1.82) is 0 Å². The lowest BCUT2D eigenvalue weighted by molar-refractivity contribution is 0.351. The molecule has 0 spiro atoms. The first kappa shape index (κ1) is 13.2. The Balaban J connectivity index is 3.09. The first-order valence-corrected chi connectivity index (χ1v) is 5.85. The highest BCUT2D eigenvalue weighted by atomic mass is 15.1. The van der Waals surface area contributed by atoms with Crippen molar-refractivity contribution in [2.45, 2.75) is 26.8 Å². The fourth-order valence-electron chi connectivity index (χ4n) is 2.43. The van der Waals surface area contributed by atoms with Crippen molar-refractivity contribution in [3.8, 4) is 0 Å². The van der Waals surface area contributed by atoms with E-state index in [1.807, 2.05) is 7.05 Å². The molecule has 0 aliphatic carbocycles. The fraction of sp³-hybridized carbons (Fsp3) is 0.571. The maximum Gasteiger partial charge on any atom is 0.0451 e. The number of rotatable bonds is 4. The van der Waals surface area contributed by atoms with Crippen LogP contribution in [0.5, 0.6) is 0 Å². The number of hydrogen-bond donors (Lipinski definition) is 1. The molecule has 2 heteroatoms. The molecule has 0 aliphatic rings. The van der Waals surface area contributed by atoms with Gasteiger partial charge in [0.15, 0.2) is 0 Å². The number of nitrogens with one attached hydrogen (secondary N) is 1. The molecule has 0 saturated carbocycles. The van der Waals surface area contributed by atoms with Crippen molar-refractivity contribution in [3.63, 3.8) is 0 Å². The van der Waals surface area contributed by atoms with Crippen molar-refractivity contribution in [1.82, 2.24) is 10.2 Å². The van der Waals surface area contributed by atoms with Crippen LogP contribution in [-0.2, 0) is 0 Å². The van der Waals surface area contributed by atoms with Gasteiger partial charge >= 0.3 is 0 Å². The number of nitrogens with zero attached hydrogens (tertiary/aromatic N) is 1. The van der Waals surface area contributed by atoms with Crippen molar-refractivity contribution >= 4 is 0 Å². The summed E-state index contributed by atoms with van der Waals surface area (Å²) in [4.78, 5) is 2.22. The van der Waals surface area contributed by atoms with E-state index in [0.717, 1.165) is 6.54 Å². The van der Waals surface area contributed by atoms with Crippen LogP contribution in [0.4, 0.5) is 0 Å². The molecule has 1 unspecified atom stereocenters. The highest BCUT2D eigenvalue weighted by molar-refractivity contribution is 5.39. The Morgan fingerprint density at radius 1 is 1.12 bits per heavy atom. The summed E-state index contributed by atoms with van der Waals surface area (Å²) in [5.74, 6) is 0. The number of hydrogen-bond acceptors (Lipinski definition) is 2. The molecule has 0 amide bonds. The largest absolute Gasteiger partial charge is 0.312 e. The van der Waals surface area contributed by atoms with E-state index in [1.54, 1.807) is 0 Å². The maximum atomic E-state index is 3.41. The monoisotopic (exact) mass is 220 g/mol. The van der Waals surface area contributed by atoms with Crippen LogP contribution >= 0.6 is 0 Å². The third-order valence-electron chi connectivity index (χ3n) is 2.98. The van der Waals surface area contributed by atoms with Gasteiger partial charge in [-0.05, 0) is 58.6 Å². The minimum absolute atomic E-state index is 0.413. The van der Waals surface area contributed by atoms with E-state index in [9.17, 15) is 0 Å². The van der Waals surface area contributed by atoms with Crippen LogP contribution in [0.15, 0.2) is 12.1 Å². The highest BCUT2D eigenvalue weighted by Gasteiger charge is 2.15. The van der Waals surface area contributed by atoms with E-state index in [1.165, 1.54) is 22.3 Å². The van der Waals surface area contributed by atoms with E-state index >= 15 is 0 Å². The summed E-state index contributed by atoms with van der Waals surface area (Å²) in [5, 5.41) is 3.41. The minimum atomic E-state index is 0.413. The van der Waals surface area contributed by atoms with Crippen LogP contribution in [0, 0.1) is 20.8 Å². The standard InChI is InChI=1S/C14H24N2/c1-10-7-11(2)14(12(3)8-10)13(15-4)9-16(5)6/h7-8,13,15H,9H2,1-6H3. The number of likely N-dealkylation sites (N-methyl/N-ethyl adjacent to an activating group) is 2. The second kappa shape index (κ2) is 5.46. The zero-order chi connectivity index (χ0) is 12.3. The van der Waals surface area contributed by atoms with Crippen LogP contribution in [0.2, 0.25) is 0 Å². The molecule has 16 heavy (non-hydrogen) atoms. The van der Waals surface area contributed by atoms with Crippen LogP contribution in [0.3, 0.4) is 0 Å². The number of aryl methyl sites for hydroxylation is 3. The van der Waals surface area contributed by atoms with Gasteiger partial charge in [0.1, 0.15) is 0 Å². The van der Waals surface area contributed by atoms with Crippen LogP contribution in [0.1, 0.15) is 28.3 Å². The fourth-order valence-corrected chi connectivity index (χ4v) is 2.43. The van der Waals surface area contributed by atoms with Crippen LogP contribution in [-0.4, -0.2) is 32.6 Å². The quantitative estimate of drug-likeness (QED) is 0.838. The molecule has 0 aromatic heterocycles. The van der Waals surface area contributed by atoms with Crippen molar-refractivity contribution in [2.24, 2.45) is 0 Å². The highest BCUT2D eigenvalue weighted by Crippen LogP contribution is 2.23. The van der Waals surface area contributed by atoms with Crippen LogP contribution in [0.25, 0.3) is 0 Å². The molecule has 0 fully saturated rings. The van der Waals surface area contributed by atoms with Crippen molar-refractivity contribution < 1.29 is 0 Å². The molecule has 0 bridgehead atoms. The normalized spacial score (nSPS) is 13.2. The Morgan fingerprint density at radius 3 is 2.00 bits per heavy atom. The average Bonchev–Trinajstić information content (AvgIpc) is 2.13. The Kier molecular flexibility index (Phi) is 4.51. The molecule has 2 nitrogen and oxygen atoms in total. The molecule has 0 heterocycles. The Morgan fingerprint density at radius 2 is 1.62 bits per heavy atom. The van der Waals surface area contributed by atoms with Gasteiger partial charge in [0, 0.05) is 12.6 Å². The summed E-state index contributed by atoms with van der Waals surface area (Å²) in [7, 11) is 6.26. The number of benzene rings is 1. The van der Waals surface area contributed by atoms with Gasteiger partial charge in [-0.25, -0.2) is 0 Å². The summed E-state index contributed by atoms with van der Waals surface area (Å²) >= 11 is 0. The first-order chi connectivity index (χ1) is 7.45. The average molecular weight is 220 g/mol. The van der Waals surface area contributed by atoms with Gasteiger partial charge in [-0.2, -0.15) is 0 Å². The van der Waals surface area contributed by atoms with Gasteiger partial charge < -0.3 is 10.2 Å². The summed E-state index contributed by atoms with van der Waals surface area (Å²) < 4.78 is 0. The van der Waals surface area contributed by atoms with E-state index in [0.29, 0.717) is 6.04 Å². The van der Waals surface area contributed by atoms with Crippen molar-refractivity contribution in [2.75, 3.05) is 27.7 Å². The minimum Gasteiger partial charge on any atom is -0.312 e. The molecule has 1 rings (SSSR count). The summed E-state index contributed by atoms with van der Waals surface area (Å²) in [6.45, 7) is 7.59. The van der Waals surface area contributed by atoms with E-state index in [-0.39, 0.29) is 0 Å². The zero-order valence-corrected chi connectivity index (χ0v) is 11.4. The summed E-state index contributed by atoms with van der Waals surface area (Å²) in [5.41, 5.74) is 5.57. The molecular weight excluding hydrogens is 196 g/mol. The molecule has 1 aromatic rings. The van der Waals surface area contributed by atoms with Crippen molar-refractivity contribution in [3.05, 3.63) is 34.4 Å². The van der Waals surface area contributed by atoms with Gasteiger partial charge in [0.2, 0.25) is 0 Å². The second-order valence-electron chi connectivity index (χ2n) is 4.92. The van der Waals surface area contributed by atoms with E-state index < -0.39 is 0 Å². The zero-order valence-electron chi connectivity index (χ0n) is 11.4. The maximum absolute atomic E-state index is 3.41. The molecular formula is C14H24N2. The summed E-state index contributed by atoms with van der Waals surface area (Å²) in [6, 6.07) is 4.94. The lowest BCUT2D eigenvalue weighted by Crippen LogP contribution is -2.30. The van der Waals surface area contributed by atoms with Gasteiger partial charge in [-0.15, -0.1) is 0 Å². The second-order valence-corrected chi connectivity index (χ2v) is 4.92. The Labute approximate surface area is 99.7 Å². The molecule has 1 atom stereocenters. The van der Waals surface area contributed by atoms with Gasteiger partial charge in [0.25, 0.3) is 0 Å². The van der Waals surface area contributed by atoms with Gasteiger partial charge in [-0.1, -0.05) is 17.7 Å². The smallest absolute Gasteiger partial charge is 0.0451 e. The third kappa shape index (κ3) is 3.06. The molecule has 0 aliphatic heterocycles. The van der Waals surface area contributed by atoms with E-state index in [4.69, 9.17) is 0 Å². The lowest BCUT2D eigenvalue weighted by Gasteiger charge is -2.24. The lowest BCUT2D eigenvalue weighted by atomic mass is 9.94. The molecule has 1 aromatic carbocycles. The summed E-state index contributed by atoms with van der Waals surface area (Å²) in [6.07, 6.45) is 0. The molecule has 0 radical (unpaired) electrons. The van der Waals surface area contributed by atoms with Gasteiger partial charge in [0.05, 0.1) is 0 Å². The van der Waals surface area contributed by atoms with E-state index in [2.05, 4.69) is 57.2 Å². The SMILES string of the molecule is CNC(CN(C)C)c1c(C)cc(C)cc1C. The molecule has 0 saturated heterocycles. The molecule has 90 valence electrons. The first-order valence-electron chi connectivity index (χ1n) is 5.85. The molecule has 1 N–H and O–H groups in total. The van der Waals surface area contributed by atoms with Crippen LogP contribution < -0.4 is 5.32 Å².